The van der Waals surface area contributed by atoms with Crippen LogP contribution >= 0.6 is 0 Å². The number of aliphatic hydroxyl groups excluding tert-OH is 1. The molecule has 3 heterocycles. The minimum absolute atomic E-state index is 0.00231. The summed E-state index contributed by atoms with van der Waals surface area (Å²) in [5, 5.41) is 27.9. The minimum Gasteiger partial charge on any atom is -0.497 e. The van der Waals surface area contributed by atoms with Gasteiger partial charge in [0.05, 0.1) is 112 Å². The molecule has 41 nitrogen and oxygen atoms in total. The average molecular weight is 1970 g/mol. The maximum absolute atomic E-state index is 11.6. The van der Waals surface area contributed by atoms with Crippen molar-refractivity contribution in [3.8, 4) is 28.7 Å². The number of Topliss-reactive ketones (excluding diaryl/α,β-unsaturated/α-hetero) is 6. The molecule has 0 saturated carbocycles. The topological polar surface area (TPSA) is 524 Å². The summed E-state index contributed by atoms with van der Waals surface area (Å²) in [5.41, 5.74) is 4.93. The van der Waals surface area contributed by atoms with Gasteiger partial charge in [0.1, 0.15) is 65.2 Å². The maximum atomic E-state index is 11.6. The zero-order valence-electron chi connectivity index (χ0n) is 84.7. The lowest BCUT2D eigenvalue weighted by molar-refractivity contribution is -0.385. The number of ketones is 7. The Balaban J connectivity index is -0.000000723. The van der Waals surface area contributed by atoms with E-state index in [-0.39, 0.29) is 96.6 Å². The van der Waals surface area contributed by atoms with Crippen LogP contribution < -0.4 is 39.6 Å². The van der Waals surface area contributed by atoms with Crippen LogP contribution in [0.1, 0.15) is 158 Å². The number of aromatic nitrogens is 5. The number of nitrogens with zero attached hydrogens (tertiary/aromatic N) is 8. The minimum atomic E-state index is -4.38. The predicted octanol–water partition coefficient (Wildman–Crippen LogP) is 11.5. The molecule has 8 rings (SSSR count). The molecule has 4 amide bonds. The number of hydrogen-bond donors (Lipinski definition) is 5. The number of benzene rings is 5. The Morgan fingerprint density at radius 1 is 0.583 bits per heavy atom. The fraction of sp³-hybridized carbons (Fsp3) is 0.433. The summed E-state index contributed by atoms with van der Waals surface area (Å²) >= 11 is 0. The van der Waals surface area contributed by atoms with Gasteiger partial charge in [-0.15, -0.1) is 0 Å². The molecule has 0 saturated heterocycles. The molecule has 0 fully saturated rings. The first-order valence-electron chi connectivity index (χ1n) is 42.8. The van der Waals surface area contributed by atoms with E-state index >= 15 is 0 Å². The molecule has 3 aromatic heterocycles. The van der Waals surface area contributed by atoms with Gasteiger partial charge in [-0.05, 0) is 164 Å². The average Bonchev–Trinajstić information content (AvgIpc) is 1.76. The highest BCUT2D eigenvalue weighted by molar-refractivity contribution is 7.86. The third-order valence-corrected chi connectivity index (χ3v) is 18.0. The van der Waals surface area contributed by atoms with E-state index in [1.807, 2.05) is 98.0 Å². The van der Waals surface area contributed by atoms with Crippen LogP contribution in [0.5, 0.6) is 28.7 Å². The number of esters is 2. The van der Waals surface area contributed by atoms with E-state index in [4.69, 9.17) is 42.4 Å². The molecule has 0 spiro atoms. The number of nitrogens with one attached hydrogen (secondary N) is 3. The highest BCUT2D eigenvalue weighted by Gasteiger charge is 2.21. The lowest BCUT2D eigenvalue weighted by Crippen LogP contribution is -2.34. The number of ether oxygens (including phenoxy) is 11. The van der Waals surface area contributed by atoms with Gasteiger partial charge in [-0.2, -0.15) is 8.42 Å². The number of non-ortho nitro benzene ring substituents is 1. The zero-order chi connectivity index (χ0) is 107. The molecule has 0 aliphatic rings. The van der Waals surface area contributed by atoms with Gasteiger partial charge >= 0.3 is 11.9 Å². The number of anilines is 2. The van der Waals surface area contributed by atoms with Gasteiger partial charge in [0.15, 0.2) is 40.5 Å². The maximum Gasteiger partial charge on any atom is 0.325 e. The number of methoxy groups -OCH3 is 9. The number of aryl methyl sites for hydroxylation is 4. The Morgan fingerprint density at radius 3 is 1.53 bits per heavy atom. The molecule has 0 bridgehead atoms. The first kappa shape index (κ1) is 131. The number of nitro benzene ring substituents is 1. The Morgan fingerprint density at radius 2 is 1.14 bits per heavy atom. The van der Waals surface area contributed by atoms with E-state index in [9.17, 15) is 86.0 Å². The van der Waals surface area contributed by atoms with Crippen molar-refractivity contribution in [3.63, 3.8) is 0 Å². The number of nitro groups is 1. The van der Waals surface area contributed by atoms with Gasteiger partial charge in [-0.3, -0.25) is 77.0 Å². The third-order valence-electron chi connectivity index (χ3n) is 17.1. The van der Waals surface area contributed by atoms with E-state index in [1.54, 1.807) is 121 Å². The highest BCUT2D eigenvalue weighted by Crippen LogP contribution is 2.27. The number of amides is 4. The Labute approximate surface area is 814 Å². The van der Waals surface area contributed by atoms with Crippen LogP contribution in [-0.2, 0) is 121 Å². The molecular formula is C97H141N11O30S. The van der Waals surface area contributed by atoms with Crippen molar-refractivity contribution < 1.29 is 137 Å². The summed E-state index contributed by atoms with van der Waals surface area (Å²) in [7, 11) is 16.2. The Kier molecular flexibility index (Phi) is 72.7. The normalized spacial score (nSPS) is 10.0. The molecule has 770 valence electrons. The number of carbonyl (C=O) groups excluding carboxylic acids is 13. The molecule has 0 radical (unpaired) electrons. The third kappa shape index (κ3) is 66.1. The van der Waals surface area contributed by atoms with E-state index in [0.717, 1.165) is 54.1 Å². The van der Waals surface area contributed by atoms with Crippen LogP contribution in [0, 0.1) is 10.1 Å². The summed E-state index contributed by atoms with van der Waals surface area (Å²) in [6.45, 7) is 26.7. The molecule has 42 heteroatoms. The van der Waals surface area contributed by atoms with Crippen molar-refractivity contribution in [2.24, 2.45) is 21.1 Å². The molecule has 1 atom stereocenters. The molecule has 1 unspecified atom stereocenters. The predicted molar refractivity (Wildman–Crippen MR) is 525 cm³/mol. The standard InChI is InChI=1S/C13H18N2O4.C12H15NO4.C10H13NO2.C9H10O5S.C9H12O.C8H10N2O.C8H18O3.C7H9NO.C6H8N2O.C6H11NO3.C5H9NO3.C4H8O2/c1-9(2)14(10(3)16)8-11-7-12(15(17)18)5-6-13(11)19-4;1-8(14)11(15)7-12(16)13-9-3-5-10(17-2)6-4-9;1-8(12)7-11-9-4-3-5-10(6-9)13-2;1-6(10)8-5-7(14-2)3-4-9(8)15(11,12)13;1-3-8-4-6-9(10-2)7-5-8;1-7(11)3-4-8-5-10(2)6-9-8;1-3-4-10-7-8-11-6-5-9-2;1-6(9)7-4-3-5-8(7)2;1-5(9)6-7-3-4-8(6)2;1-5(8)7(2)4-6(9)10-3;1-4(7)6-3-5(8)9-2;1-4(5)3-6-2/h5-7,9H,8H2,1-4H3;3-6,11,15H,7H2,1-2H3,(H,13,16);3-6,11H,7H2,1-2H3;3-5H,1-2H3,(H,11,12,13);4-7H,3H2,1-2H3;3-6H,1-2H3;3-8H2,1-2H3;3-5H,1-2H3;3-4H,1-2H3;4H2,1-3H3;3H2,1-2H3,(H,6,7);3H2,1-2H3/b;;;;;4-3+;;;;;;. The van der Waals surface area contributed by atoms with Crippen LogP contribution in [0.4, 0.5) is 17.1 Å². The van der Waals surface area contributed by atoms with Crippen molar-refractivity contribution in [2.75, 3.05) is 141 Å². The SMILES string of the molecule is CC(=O)/C=C/c1cn(C)cn1.CC(=O)c1cccn1C.CC(=O)c1nccn1C.CCCOCCOCCOC.CCc1ccc(OC)cc1.COC(=O)CN(C)C(C)=O.COC(=O)CNC(C)=O.COCC(C)=O.COc1ccc(NC(=O)CC(O)C(C)=O)cc1.COc1ccc(S(=O)(=O)O)c(C(C)=O)c1.COc1ccc([N+](=O)[O-])cc1CN(C(C)=O)C(C)C.COc1cccc(NCC(C)=O)c1. The number of imidazole rings is 2. The Bertz CT molecular complexity index is 5070. The first-order chi connectivity index (χ1) is 65.4. The molecule has 8 aromatic rings. The van der Waals surface area contributed by atoms with Crippen LogP contribution in [0.25, 0.3) is 6.08 Å². The van der Waals surface area contributed by atoms with Gasteiger partial charge in [0.2, 0.25) is 23.6 Å². The van der Waals surface area contributed by atoms with Gasteiger partial charge < -0.3 is 96.7 Å². The van der Waals surface area contributed by atoms with Gasteiger partial charge in [-0.25, -0.2) is 9.97 Å². The van der Waals surface area contributed by atoms with E-state index in [0.29, 0.717) is 67.3 Å². The number of hydrogen-bond acceptors (Lipinski definition) is 32. The van der Waals surface area contributed by atoms with Crippen LogP contribution in [0.3, 0.4) is 0 Å². The molecule has 0 aliphatic carbocycles. The van der Waals surface area contributed by atoms with Crippen LogP contribution in [0.2, 0.25) is 0 Å². The largest absolute Gasteiger partial charge is 0.497 e. The van der Waals surface area contributed by atoms with Crippen molar-refractivity contribution in [2.45, 2.75) is 140 Å². The second-order valence-corrected chi connectivity index (χ2v) is 30.5. The van der Waals surface area contributed by atoms with Crippen LogP contribution in [-0.4, -0.2) is 275 Å². The molecule has 139 heavy (non-hydrogen) atoms. The van der Waals surface area contributed by atoms with Crippen molar-refractivity contribution in [1.82, 2.24) is 38.8 Å². The Hall–Kier alpha value is -14.0. The smallest absolute Gasteiger partial charge is 0.325 e. The van der Waals surface area contributed by atoms with E-state index in [1.165, 1.54) is 132 Å². The summed E-state index contributed by atoms with van der Waals surface area (Å²) in [6.07, 6.45) is 12.6. The summed E-state index contributed by atoms with van der Waals surface area (Å²) in [6, 6.07) is 34.2. The van der Waals surface area contributed by atoms with Gasteiger partial charge in [-0.1, -0.05) is 32.0 Å². The lowest BCUT2D eigenvalue weighted by atomic mass is 10.1. The van der Waals surface area contributed by atoms with Gasteiger partial charge in [0, 0.05) is 162 Å². The van der Waals surface area contributed by atoms with E-state index in [2.05, 4.69) is 66.1 Å². The fourth-order valence-electron chi connectivity index (χ4n) is 9.71. The van der Waals surface area contributed by atoms with Crippen molar-refractivity contribution in [1.29, 1.82) is 0 Å². The monoisotopic (exact) mass is 1970 g/mol. The second-order valence-electron chi connectivity index (χ2n) is 29.2. The van der Waals surface area contributed by atoms with Crippen molar-refractivity contribution >= 4 is 109 Å². The lowest BCUT2D eigenvalue weighted by Gasteiger charge is -2.26. The summed E-state index contributed by atoms with van der Waals surface area (Å²) in [5.74, 6) is 1.55. The second kappa shape index (κ2) is 77.1. The molecule has 0 aliphatic heterocycles. The molecule has 5 aromatic carbocycles. The van der Waals surface area contributed by atoms with Crippen LogP contribution in [0.15, 0.2) is 163 Å². The van der Waals surface area contributed by atoms with Crippen molar-refractivity contribution in [3.05, 3.63) is 203 Å². The molecular weight excluding hydrogens is 1830 g/mol. The number of allylic oxidation sites excluding steroid dienone is 1. The highest BCUT2D eigenvalue weighted by atomic mass is 32.2. The molecule has 5 N–H and O–H groups in total. The number of carbonyl (C=O) groups is 13. The zero-order valence-corrected chi connectivity index (χ0v) is 85.6. The van der Waals surface area contributed by atoms with Gasteiger partial charge in [0.25, 0.3) is 15.8 Å². The first-order valence-corrected chi connectivity index (χ1v) is 44.2. The quantitative estimate of drug-likeness (QED) is 0.00459. The summed E-state index contributed by atoms with van der Waals surface area (Å²) < 4.78 is 89.3. The summed E-state index contributed by atoms with van der Waals surface area (Å²) in [4.78, 5) is 159. The number of aliphatic hydroxyl groups is 1. The number of rotatable bonds is 37. The fourth-order valence-corrected chi connectivity index (χ4v) is 10.4. The number of likely N-dealkylation sites (N-methyl/N-ethyl adjacent to an activating group) is 1. The van der Waals surface area contributed by atoms with E-state index < -0.39 is 55.5 Å².